The highest BCUT2D eigenvalue weighted by Gasteiger charge is 2.11. The van der Waals surface area contributed by atoms with Gasteiger partial charge in [0, 0.05) is 28.9 Å². The molecule has 0 fully saturated rings. The number of hydrogen-bond donors (Lipinski definition) is 2. The molecule has 4 nitrogen and oxygen atoms in total. The number of amides is 1. The van der Waals surface area contributed by atoms with Crippen LogP contribution in [0.15, 0.2) is 60.9 Å². The molecule has 20 heavy (non-hydrogen) atoms. The number of carbonyl (C=O) groups is 1. The van der Waals surface area contributed by atoms with Crippen LogP contribution >= 0.6 is 0 Å². The van der Waals surface area contributed by atoms with E-state index in [1.54, 1.807) is 30.6 Å². The van der Waals surface area contributed by atoms with E-state index in [1.807, 2.05) is 24.3 Å². The first kappa shape index (κ1) is 12.2. The molecule has 1 amide bonds. The number of carbonyl (C=O) groups excluding carboxylic acids is 1. The molecular weight excluding hydrogens is 252 g/mol. The number of phenols is 1. The lowest BCUT2D eigenvalue weighted by atomic mass is 10.1. The van der Waals surface area contributed by atoms with Crippen LogP contribution in [0.1, 0.15) is 10.4 Å². The van der Waals surface area contributed by atoms with E-state index in [1.165, 1.54) is 6.07 Å². The minimum atomic E-state index is -0.340. The third kappa shape index (κ3) is 2.19. The summed E-state index contributed by atoms with van der Waals surface area (Å²) in [5, 5.41) is 14.4. The predicted octanol–water partition coefficient (Wildman–Crippen LogP) is 3.19. The number of fused-ring (bicyclic) bond motifs is 1. The fourth-order valence-electron chi connectivity index (χ4n) is 2.09. The van der Waals surface area contributed by atoms with Crippen LogP contribution in [0, 0.1) is 0 Å². The number of rotatable bonds is 2. The molecule has 0 saturated carbocycles. The Balaban J connectivity index is 1.98. The smallest absolute Gasteiger partial charge is 0.259 e. The monoisotopic (exact) mass is 264 g/mol. The largest absolute Gasteiger partial charge is 0.507 e. The zero-order chi connectivity index (χ0) is 13.9. The molecule has 3 rings (SSSR count). The third-order valence-corrected chi connectivity index (χ3v) is 3.08. The summed E-state index contributed by atoms with van der Waals surface area (Å²) in [5.74, 6) is -0.376. The Morgan fingerprint density at radius 2 is 1.90 bits per heavy atom. The first-order chi connectivity index (χ1) is 9.75. The number of nitrogens with one attached hydrogen (secondary N) is 1. The van der Waals surface area contributed by atoms with Gasteiger partial charge in [-0.15, -0.1) is 0 Å². The highest BCUT2D eigenvalue weighted by atomic mass is 16.3. The van der Waals surface area contributed by atoms with E-state index in [0.717, 1.165) is 10.8 Å². The molecule has 2 aromatic carbocycles. The Bertz CT molecular complexity index is 779. The fraction of sp³-hybridized carbons (Fsp3) is 0. The van der Waals surface area contributed by atoms with Gasteiger partial charge in [-0.05, 0) is 24.3 Å². The molecule has 2 N–H and O–H groups in total. The first-order valence-electron chi connectivity index (χ1n) is 6.18. The Morgan fingerprint density at radius 1 is 1.05 bits per heavy atom. The normalized spacial score (nSPS) is 10.4. The average Bonchev–Trinajstić information content (AvgIpc) is 2.48. The number of aromatic hydroxyl groups is 1. The third-order valence-electron chi connectivity index (χ3n) is 3.08. The van der Waals surface area contributed by atoms with E-state index in [4.69, 9.17) is 0 Å². The summed E-state index contributed by atoms with van der Waals surface area (Å²) in [7, 11) is 0. The Labute approximate surface area is 115 Å². The number of nitrogens with zero attached hydrogens (tertiary/aromatic N) is 1. The van der Waals surface area contributed by atoms with Crippen molar-refractivity contribution in [2.75, 3.05) is 5.32 Å². The fourth-order valence-corrected chi connectivity index (χ4v) is 2.09. The van der Waals surface area contributed by atoms with Crippen molar-refractivity contribution in [2.24, 2.45) is 0 Å². The van der Waals surface area contributed by atoms with Gasteiger partial charge in [0.2, 0.25) is 0 Å². The van der Waals surface area contributed by atoms with Crippen LogP contribution in [-0.2, 0) is 0 Å². The molecule has 0 atom stereocenters. The van der Waals surface area contributed by atoms with Gasteiger partial charge in [0.15, 0.2) is 0 Å². The number of hydrogen-bond acceptors (Lipinski definition) is 3. The molecule has 4 heteroatoms. The van der Waals surface area contributed by atoms with E-state index < -0.39 is 0 Å². The maximum atomic E-state index is 12.2. The van der Waals surface area contributed by atoms with Gasteiger partial charge in [-0.1, -0.05) is 24.3 Å². The second-order valence-corrected chi connectivity index (χ2v) is 4.37. The zero-order valence-corrected chi connectivity index (χ0v) is 10.6. The van der Waals surface area contributed by atoms with Crippen LogP contribution in [-0.4, -0.2) is 16.0 Å². The predicted molar refractivity (Wildman–Crippen MR) is 77.8 cm³/mol. The van der Waals surface area contributed by atoms with Gasteiger partial charge in [0.25, 0.3) is 5.91 Å². The van der Waals surface area contributed by atoms with Gasteiger partial charge < -0.3 is 10.4 Å². The quantitative estimate of drug-likeness (QED) is 0.747. The number of para-hydroxylation sites is 1. The van der Waals surface area contributed by atoms with Crippen molar-refractivity contribution in [1.82, 2.24) is 4.98 Å². The van der Waals surface area contributed by atoms with Crippen molar-refractivity contribution < 1.29 is 9.90 Å². The van der Waals surface area contributed by atoms with Gasteiger partial charge >= 0.3 is 0 Å². The molecular formula is C16H12N2O2. The number of pyridine rings is 1. The number of aromatic nitrogens is 1. The molecule has 0 bridgehead atoms. The van der Waals surface area contributed by atoms with Crippen LogP contribution in [0.2, 0.25) is 0 Å². The Morgan fingerprint density at radius 3 is 2.75 bits per heavy atom. The topological polar surface area (TPSA) is 62.2 Å². The van der Waals surface area contributed by atoms with Crippen LogP contribution in [0.5, 0.6) is 5.75 Å². The average molecular weight is 264 g/mol. The van der Waals surface area contributed by atoms with Crippen LogP contribution in [0.25, 0.3) is 10.8 Å². The molecule has 0 aliphatic carbocycles. The van der Waals surface area contributed by atoms with Crippen molar-refractivity contribution in [3.05, 3.63) is 66.5 Å². The summed E-state index contributed by atoms with van der Waals surface area (Å²) in [5.41, 5.74) is 0.941. The summed E-state index contributed by atoms with van der Waals surface area (Å²) in [6.45, 7) is 0. The van der Waals surface area contributed by atoms with Gasteiger partial charge in [-0.3, -0.25) is 9.78 Å². The van der Waals surface area contributed by atoms with Crippen molar-refractivity contribution >= 4 is 22.4 Å². The van der Waals surface area contributed by atoms with E-state index >= 15 is 0 Å². The second kappa shape index (κ2) is 5.01. The number of benzene rings is 2. The molecule has 1 aromatic heterocycles. The van der Waals surface area contributed by atoms with E-state index in [0.29, 0.717) is 5.69 Å². The number of phenolic OH excluding ortho intramolecular Hbond substituents is 1. The zero-order valence-electron chi connectivity index (χ0n) is 10.6. The van der Waals surface area contributed by atoms with Crippen molar-refractivity contribution in [3.63, 3.8) is 0 Å². The molecule has 0 radical (unpaired) electrons. The molecule has 0 aliphatic rings. The van der Waals surface area contributed by atoms with Crippen molar-refractivity contribution in [3.8, 4) is 5.75 Å². The first-order valence-corrected chi connectivity index (χ1v) is 6.18. The van der Waals surface area contributed by atoms with Crippen LogP contribution in [0.4, 0.5) is 5.69 Å². The molecule has 1 heterocycles. The van der Waals surface area contributed by atoms with Gasteiger partial charge in [0.05, 0.1) is 5.56 Å². The molecule has 98 valence electrons. The van der Waals surface area contributed by atoms with Crippen molar-refractivity contribution in [1.29, 1.82) is 0 Å². The molecule has 3 aromatic rings. The maximum absolute atomic E-state index is 12.2. The summed E-state index contributed by atoms with van der Waals surface area (Å²) in [4.78, 5) is 16.2. The number of anilines is 1. The summed E-state index contributed by atoms with van der Waals surface area (Å²) in [6.07, 6.45) is 3.42. The van der Waals surface area contributed by atoms with E-state index in [2.05, 4.69) is 10.3 Å². The summed E-state index contributed by atoms with van der Waals surface area (Å²) >= 11 is 0. The Kier molecular flexibility index (Phi) is 3.05. The molecule has 0 aliphatic heterocycles. The van der Waals surface area contributed by atoms with E-state index in [-0.39, 0.29) is 17.2 Å². The second-order valence-electron chi connectivity index (χ2n) is 4.37. The SMILES string of the molecule is O=C(Nc1cccc2cnccc12)c1ccccc1O. The van der Waals surface area contributed by atoms with Crippen LogP contribution < -0.4 is 5.32 Å². The highest BCUT2D eigenvalue weighted by Crippen LogP contribution is 2.24. The minimum absolute atomic E-state index is 0.0353. The molecule has 0 unspecified atom stereocenters. The lowest BCUT2D eigenvalue weighted by Crippen LogP contribution is -2.12. The Hall–Kier alpha value is -2.88. The highest BCUT2D eigenvalue weighted by molar-refractivity contribution is 6.10. The lowest BCUT2D eigenvalue weighted by Gasteiger charge is -2.09. The van der Waals surface area contributed by atoms with Crippen molar-refractivity contribution in [2.45, 2.75) is 0 Å². The lowest BCUT2D eigenvalue weighted by molar-refractivity contribution is 0.102. The van der Waals surface area contributed by atoms with Gasteiger partial charge in [0.1, 0.15) is 5.75 Å². The minimum Gasteiger partial charge on any atom is -0.507 e. The standard InChI is InChI=1S/C16H12N2O2/c19-15-7-2-1-5-13(15)16(20)18-14-6-3-4-11-10-17-9-8-12(11)14/h1-10,19H,(H,18,20). The van der Waals surface area contributed by atoms with E-state index in [9.17, 15) is 9.90 Å². The van der Waals surface area contributed by atoms with Gasteiger partial charge in [-0.2, -0.15) is 0 Å². The molecule has 0 saturated heterocycles. The van der Waals surface area contributed by atoms with Crippen LogP contribution in [0.3, 0.4) is 0 Å². The summed E-state index contributed by atoms with van der Waals surface area (Å²) < 4.78 is 0. The summed E-state index contributed by atoms with van der Waals surface area (Å²) in [6, 6.07) is 13.9. The molecule has 0 spiro atoms. The maximum Gasteiger partial charge on any atom is 0.259 e. The van der Waals surface area contributed by atoms with Gasteiger partial charge in [-0.25, -0.2) is 0 Å².